The van der Waals surface area contributed by atoms with Gasteiger partial charge in [-0.25, -0.2) is 0 Å². The van der Waals surface area contributed by atoms with Gasteiger partial charge < -0.3 is 0 Å². The number of benzene rings is 2. The quantitative estimate of drug-likeness (QED) is 0.571. The average Bonchev–Trinajstić information content (AvgIpc) is 2.65. The Morgan fingerprint density at radius 1 is 0.923 bits per heavy atom. The first-order chi connectivity index (χ1) is 6.45. The predicted molar refractivity (Wildman–Crippen MR) is 54.8 cm³/mol. The van der Waals surface area contributed by atoms with Gasteiger partial charge >= 0.3 is 0 Å². The number of hydrogen-bond acceptors (Lipinski definition) is 0. The van der Waals surface area contributed by atoms with Crippen LogP contribution in [0.5, 0.6) is 0 Å². The first kappa shape index (κ1) is 6.72. The van der Waals surface area contributed by atoms with Crippen LogP contribution in [0.4, 0.5) is 5.69 Å². The summed E-state index contributed by atoms with van der Waals surface area (Å²) in [5.41, 5.74) is 2.33. The molecule has 0 saturated heterocycles. The zero-order valence-corrected chi connectivity index (χ0v) is 7.07. The Morgan fingerprint density at radius 2 is 1.85 bits per heavy atom. The molecular formula is C12H8N. The lowest BCUT2D eigenvalue weighted by Crippen LogP contribution is -1.84. The summed E-state index contributed by atoms with van der Waals surface area (Å²) in [5, 5.41) is 6.85. The third-order valence-corrected chi connectivity index (χ3v) is 2.39. The van der Waals surface area contributed by atoms with Crippen molar-refractivity contribution in [3.8, 4) is 0 Å². The molecule has 0 amide bonds. The fourth-order valence-electron chi connectivity index (χ4n) is 1.74. The minimum atomic E-state index is 1.11. The molecule has 0 atom stereocenters. The third kappa shape index (κ3) is 0.872. The van der Waals surface area contributed by atoms with Crippen LogP contribution in [0.2, 0.25) is 0 Å². The summed E-state index contributed by atoms with van der Waals surface area (Å²) in [5.74, 6) is 0. The Morgan fingerprint density at radius 3 is 2.85 bits per heavy atom. The van der Waals surface area contributed by atoms with Gasteiger partial charge in [0, 0.05) is 17.1 Å². The maximum Gasteiger partial charge on any atom is 0.0780 e. The highest BCUT2D eigenvalue weighted by Crippen LogP contribution is 2.31. The highest BCUT2D eigenvalue weighted by atomic mass is 14.9. The Bertz CT molecular complexity index is 497. The number of hydrogen-bond donors (Lipinski definition) is 0. The van der Waals surface area contributed by atoms with Gasteiger partial charge in [0.1, 0.15) is 0 Å². The summed E-state index contributed by atoms with van der Waals surface area (Å²) in [6.45, 7) is 0. The standard InChI is InChI=1S/C12H8N/c1-2-4-11-9(3-1)5-6-10-7-8-13-12(10)11/h1-8H. The van der Waals surface area contributed by atoms with Gasteiger partial charge in [0.15, 0.2) is 0 Å². The van der Waals surface area contributed by atoms with Crippen LogP contribution in [-0.2, 0) is 0 Å². The molecule has 0 N–H and O–H groups in total. The molecule has 0 saturated carbocycles. The highest BCUT2D eigenvalue weighted by Gasteiger charge is 2.08. The molecule has 1 heteroatoms. The zero-order chi connectivity index (χ0) is 8.67. The molecule has 1 heterocycles. The number of rotatable bonds is 0. The molecule has 1 aliphatic rings. The lowest BCUT2D eigenvalue weighted by atomic mass is 10.1. The van der Waals surface area contributed by atoms with Crippen LogP contribution in [0.25, 0.3) is 16.8 Å². The van der Waals surface area contributed by atoms with Crippen molar-refractivity contribution in [3.05, 3.63) is 48.2 Å². The van der Waals surface area contributed by atoms with Crippen molar-refractivity contribution in [3.63, 3.8) is 0 Å². The molecular weight excluding hydrogens is 158 g/mol. The van der Waals surface area contributed by atoms with E-state index in [1.807, 2.05) is 12.3 Å². The molecule has 1 nitrogen and oxygen atoms in total. The largest absolute Gasteiger partial charge is 0.256 e. The van der Waals surface area contributed by atoms with E-state index in [9.17, 15) is 0 Å². The van der Waals surface area contributed by atoms with Crippen molar-refractivity contribution in [2.24, 2.45) is 0 Å². The number of fused-ring (bicyclic) bond motifs is 3. The number of nitrogens with zero attached hydrogens (tertiary/aromatic N) is 1. The van der Waals surface area contributed by atoms with Crippen molar-refractivity contribution < 1.29 is 0 Å². The smallest absolute Gasteiger partial charge is 0.0780 e. The first-order valence-corrected chi connectivity index (χ1v) is 4.34. The molecule has 1 aliphatic heterocycles. The van der Waals surface area contributed by atoms with E-state index in [0.29, 0.717) is 0 Å². The van der Waals surface area contributed by atoms with Crippen LogP contribution in [0.3, 0.4) is 0 Å². The van der Waals surface area contributed by atoms with Gasteiger partial charge in [0.25, 0.3) is 0 Å². The van der Waals surface area contributed by atoms with E-state index in [0.717, 1.165) is 5.69 Å². The van der Waals surface area contributed by atoms with E-state index in [2.05, 4.69) is 41.7 Å². The molecule has 0 fully saturated rings. The lowest BCUT2D eigenvalue weighted by molar-refractivity contribution is 1.23. The van der Waals surface area contributed by atoms with E-state index in [4.69, 9.17) is 0 Å². The Labute approximate surface area is 76.7 Å². The van der Waals surface area contributed by atoms with Crippen molar-refractivity contribution in [2.45, 2.75) is 0 Å². The van der Waals surface area contributed by atoms with E-state index in [-0.39, 0.29) is 0 Å². The van der Waals surface area contributed by atoms with Crippen LogP contribution in [0.1, 0.15) is 5.56 Å². The summed E-state index contributed by atoms with van der Waals surface area (Å²) < 4.78 is 0. The van der Waals surface area contributed by atoms with Gasteiger partial charge in [-0.2, -0.15) is 0 Å². The van der Waals surface area contributed by atoms with Gasteiger partial charge in [-0.3, -0.25) is 5.32 Å². The molecule has 2 aromatic carbocycles. The summed E-state index contributed by atoms with van der Waals surface area (Å²) in [7, 11) is 0. The molecule has 61 valence electrons. The maximum absolute atomic E-state index is 4.35. The molecule has 0 aromatic heterocycles. The molecule has 1 radical (unpaired) electrons. The fourth-order valence-corrected chi connectivity index (χ4v) is 1.74. The molecule has 0 unspecified atom stereocenters. The molecule has 2 aromatic rings. The maximum atomic E-state index is 4.35. The van der Waals surface area contributed by atoms with Crippen molar-refractivity contribution in [2.75, 3.05) is 0 Å². The van der Waals surface area contributed by atoms with Gasteiger partial charge in [-0.1, -0.05) is 36.4 Å². The van der Waals surface area contributed by atoms with E-state index >= 15 is 0 Å². The van der Waals surface area contributed by atoms with Gasteiger partial charge in [0.05, 0.1) is 5.69 Å². The molecule has 0 aliphatic carbocycles. The van der Waals surface area contributed by atoms with Crippen molar-refractivity contribution in [1.29, 1.82) is 0 Å². The van der Waals surface area contributed by atoms with Crippen molar-refractivity contribution in [1.82, 2.24) is 5.32 Å². The minimum Gasteiger partial charge on any atom is -0.256 e. The Kier molecular flexibility index (Phi) is 1.22. The molecule has 3 rings (SSSR count). The van der Waals surface area contributed by atoms with E-state index in [1.165, 1.54) is 16.3 Å². The second kappa shape index (κ2) is 2.36. The minimum absolute atomic E-state index is 1.11. The first-order valence-electron chi connectivity index (χ1n) is 4.34. The van der Waals surface area contributed by atoms with Gasteiger partial charge in [-0.15, -0.1) is 0 Å². The van der Waals surface area contributed by atoms with Gasteiger partial charge in [-0.05, 0) is 11.5 Å². The van der Waals surface area contributed by atoms with E-state index in [1.54, 1.807) is 0 Å². The Hall–Kier alpha value is -1.76. The molecule has 13 heavy (non-hydrogen) atoms. The topological polar surface area (TPSA) is 14.1 Å². The van der Waals surface area contributed by atoms with Crippen LogP contribution >= 0.6 is 0 Å². The SMILES string of the molecule is C1=Cc2ccc3ccccc3c2[N]1. The van der Waals surface area contributed by atoms with Gasteiger partial charge in [0.2, 0.25) is 0 Å². The zero-order valence-electron chi connectivity index (χ0n) is 7.07. The summed E-state index contributed by atoms with van der Waals surface area (Å²) >= 11 is 0. The van der Waals surface area contributed by atoms with Crippen LogP contribution in [-0.4, -0.2) is 0 Å². The van der Waals surface area contributed by atoms with E-state index < -0.39 is 0 Å². The summed E-state index contributed by atoms with van der Waals surface area (Å²) in [6.07, 6.45) is 3.90. The second-order valence-electron chi connectivity index (χ2n) is 3.17. The fraction of sp³-hybridized carbons (Fsp3) is 0. The van der Waals surface area contributed by atoms with Crippen molar-refractivity contribution >= 4 is 22.5 Å². The lowest BCUT2D eigenvalue weighted by Gasteiger charge is -2.02. The van der Waals surface area contributed by atoms with Crippen LogP contribution < -0.4 is 5.32 Å². The highest BCUT2D eigenvalue weighted by molar-refractivity contribution is 5.97. The monoisotopic (exact) mass is 166 g/mol. The summed E-state index contributed by atoms with van der Waals surface area (Å²) in [6, 6.07) is 12.6. The third-order valence-electron chi connectivity index (χ3n) is 2.39. The molecule has 0 bridgehead atoms. The predicted octanol–water partition coefficient (Wildman–Crippen LogP) is 3.06. The second-order valence-corrected chi connectivity index (χ2v) is 3.17. The molecule has 0 spiro atoms. The average molecular weight is 166 g/mol. The Balaban J connectivity index is 2.46. The summed E-state index contributed by atoms with van der Waals surface area (Å²) in [4.78, 5) is 0. The normalized spacial score (nSPS) is 12.9. The van der Waals surface area contributed by atoms with Crippen LogP contribution in [0.15, 0.2) is 42.6 Å². The van der Waals surface area contributed by atoms with Crippen LogP contribution in [0, 0.1) is 0 Å².